The molecule has 0 aromatic heterocycles. The number of aliphatic imine (C=N–C) groups is 1. The Kier molecular flexibility index (Phi) is 6.23. The third kappa shape index (κ3) is 5.72. The SMILES string of the molecule is C=CCNC(=NCC(C)(C)S(C)(=O)=O)NCC. The van der Waals surface area contributed by atoms with E-state index in [1.165, 1.54) is 6.26 Å². The largest absolute Gasteiger partial charge is 0.357 e. The van der Waals surface area contributed by atoms with Gasteiger partial charge in [0.25, 0.3) is 0 Å². The van der Waals surface area contributed by atoms with Gasteiger partial charge in [-0.25, -0.2) is 8.42 Å². The lowest BCUT2D eigenvalue weighted by atomic mass is 10.2. The van der Waals surface area contributed by atoms with E-state index in [9.17, 15) is 8.42 Å². The summed E-state index contributed by atoms with van der Waals surface area (Å²) in [5, 5.41) is 6.06. The van der Waals surface area contributed by atoms with Gasteiger partial charge in [-0.15, -0.1) is 6.58 Å². The van der Waals surface area contributed by atoms with E-state index in [1.807, 2.05) is 6.92 Å². The van der Waals surface area contributed by atoms with Crippen LogP contribution >= 0.6 is 0 Å². The van der Waals surface area contributed by atoms with Crippen LogP contribution in [0.2, 0.25) is 0 Å². The van der Waals surface area contributed by atoms with Crippen molar-refractivity contribution in [2.75, 3.05) is 25.9 Å². The molecule has 0 aromatic carbocycles. The minimum absolute atomic E-state index is 0.221. The van der Waals surface area contributed by atoms with Gasteiger partial charge in [0.2, 0.25) is 0 Å². The lowest BCUT2D eigenvalue weighted by molar-refractivity contribution is 0.554. The van der Waals surface area contributed by atoms with Crippen LogP contribution in [0.5, 0.6) is 0 Å². The van der Waals surface area contributed by atoms with Gasteiger partial charge in [-0.3, -0.25) is 4.99 Å². The maximum Gasteiger partial charge on any atom is 0.191 e. The predicted octanol–water partition coefficient (Wildman–Crippen LogP) is 0.551. The van der Waals surface area contributed by atoms with Crippen LogP contribution in [0, 0.1) is 0 Å². The third-order valence-electron chi connectivity index (χ3n) is 2.38. The van der Waals surface area contributed by atoms with Crippen LogP contribution in [0.4, 0.5) is 0 Å². The van der Waals surface area contributed by atoms with Crippen molar-refractivity contribution in [3.63, 3.8) is 0 Å². The molecular weight excluding hydrogens is 238 g/mol. The van der Waals surface area contributed by atoms with Crippen LogP contribution in [0.3, 0.4) is 0 Å². The molecule has 0 atom stereocenters. The molecule has 0 heterocycles. The lowest BCUT2D eigenvalue weighted by Gasteiger charge is -2.20. The zero-order valence-electron chi connectivity index (χ0n) is 11.1. The first-order valence-corrected chi connectivity index (χ1v) is 7.46. The number of nitrogens with zero attached hydrogens (tertiary/aromatic N) is 1. The molecule has 100 valence electrons. The van der Waals surface area contributed by atoms with Crippen molar-refractivity contribution in [3.8, 4) is 0 Å². The predicted molar refractivity (Wildman–Crippen MR) is 73.1 cm³/mol. The van der Waals surface area contributed by atoms with Crippen molar-refractivity contribution in [1.82, 2.24) is 10.6 Å². The van der Waals surface area contributed by atoms with Gasteiger partial charge in [0, 0.05) is 19.3 Å². The molecule has 5 nitrogen and oxygen atoms in total. The second-order valence-corrected chi connectivity index (χ2v) is 7.05. The molecule has 0 spiro atoms. The molecule has 0 radical (unpaired) electrons. The van der Waals surface area contributed by atoms with Crippen molar-refractivity contribution >= 4 is 15.8 Å². The van der Waals surface area contributed by atoms with Crippen molar-refractivity contribution in [1.29, 1.82) is 0 Å². The molecule has 0 fully saturated rings. The van der Waals surface area contributed by atoms with Crippen LogP contribution in [0.1, 0.15) is 20.8 Å². The maximum absolute atomic E-state index is 11.5. The molecule has 0 bridgehead atoms. The summed E-state index contributed by atoms with van der Waals surface area (Å²) in [5.41, 5.74) is 0. The van der Waals surface area contributed by atoms with Crippen molar-refractivity contribution in [2.45, 2.75) is 25.5 Å². The molecule has 0 unspecified atom stereocenters. The molecule has 2 N–H and O–H groups in total. The van der Waals surface area contributed by atoms with E-state index >= 15 is 0 Å². The third-order valence-corrected chi connectivity index (χ3v) is 4.52. The van der Waals surface area contributed by atoms with E-state index in [4.69, 9.17) is 0 Å². The van der Waals surface area contributed by atoms with E-state index in [2.05, 4.69) is 22.2 Å². The summed E-state index contributed by atoms with van der Waals surface area (Å²) >= 11 is 0. The standard InChI is InChI=1S/C11H23N3O2S/c1-6-8-13-10(12-7-2)14-9-11(3,4)17(5,15)16/h6H,1,7-9H2,2-5H3,(H2,12,13,14). The Hall–Kier alpha value is -1.04. The normalized spacial score (nSPS) is 13.3. The fraction of sp³-hybridized carbons (Fsp3) is 0.727. The Morgan fingerprint density at radius 3 is 2.41 bits per heavy atom. The highest BCUT2D eigenvalue weighted by Crippen LogP contribution is 2.14. The molecule has 6 heteroatoms. The molecular formula is C11H23N3O2S. The molecule has 0 aliphatic heterocycles. The Labute approximate surface area is 104 Å². The Morgan fingerprint density at radius 1 is 1.41 bits per heavy atom. The summed E-state index contributed by atoms with van der Waals surface area (Å²) < 4.78 is 22.2. The van der Waals surface area contributed by atoms with Gasteiger partial charge in [0.1, 0.15) is 0 Å². The Bertz CT molecular complexity index is 372. The second-order valence-electron chi connectivity index (χ2n) is 4.40. The molecule has 0 rings (SSSR count). The average molecular weight is 261 g/mol. The number of hydrogen-bond donors (Lipinski definition) is 2. The van der Waals surface area contributed by atoms with Crippen LogP contribution in [-0.2, 0) is 9.84 Å². The van der Waals surface area contributed by atoms with E-state index < -0.39 is 14.6 Å². The van der Waals surface area contributed by atoms with E-state index in [0.29, 0.717) is 12.5 Å². The van der Waals surface area contributed by atoms with E-state index in [1.54, 1.807) is 19.9 Å². The van der Waals surface area contributed by atoms with E-state index in [-0.39, 0.29) is 6.54 Å². The van der Waals surface area contributed by atoms with Crippen molar-refractivity contribution < 1.29 is 8.42 Å². The quantitative estimate of drug-likeness (QED) is 0.416. The first-order chi connectivity index (χ1) is 7.74. The summed E-state index contributed by atoms with van der Waals surface area (Å²) in [5.74, 6) is 0.601. The van der Waals surface area contributed by atoms with Crippen LogP contribution < -0.4 is 10.6 Å². The number of nitrogens with one attached hydrogen (secondary N) is 2. The van der Waals surface area contributed by atoms with Crippen molar-refractivity contribution in [2.24, 2.45) is 4.99 Å². The Morgan fingerprint density at radius 2 is 2.00 bits per heavy atom. The summed E-state index contributed by atoms with van der Waals surface area (Å²) in [7, 11) is -3.12. The summed E-state index contributed by atoms with van der Waals surface area (Å²) in [6, 6.07) is 0. The number of hydrogen-bond acceptors (Lipinski definition) is 3. The number of sulfone groups is 1. The highest BCUT2D eigenvalue weighted by molar-refractivity contribution is 7.92. The fourth-order valence-corrected chi connectivity index (χ4v) is 1.20. The van der Waals surface area contributed by atoms with Crippen molar-refractivity contribution in [3.05, 3.63) is 12.7 Å². The zero-order valence-corrected chi connectivity index (χ0v) is 11.9. The van der Waals surface area contributed by atoms with Gasteiger partial charge in [-0.05, 0) is 20.8 Å². The van der Waals surface area contributed by atoms with E-state index in [0.717, 1.165) is 6.54 Å². The van der Waals surface area contributed by atoms with Gasteiger partial charge < -0.3 is 10.6 Å². The zero-order chi connectivity index (χ0) is 13.5. The second kappa shape index (κ2) is 6.64. The summed E-state index contributed by atoms with van der Waals surface area (Å²) in [6.45, 7) is 10.4. The Balaban J connectivity index is 4.68. The highest BCUT2D eigenvalue weighted by atomic mass is 32.2. The first kappa shape index (κ1) is 16.0. The van der Waals surface area contributed by atoms with Gasteiger partial charge >= 0.3 is 0 Å². The maximum atomic E-state index is 11.5. The first-order valence-electron chi connectivity index (χ1n) is 5.57. The molecule has 0 amide bonds. The topological polar surface area (TPSA) is 70.6 Å². The lowest BCUT2D eigenvalue weighted by Crippen LogP contribution is -2.40. The van der Waals surface area contributed by atoms with Crippen LogP contribution in [-0.4, -0.2) is 45.0 Å². The molecule has 0 aliphatic rings. The smallest absolute Gasteiger partial charge is 0.191 e. The monoisotopic (exact) mass is 261 g/mol. The minimum atomic E-state index is -3.12. The molecule has 17 heavy (non-hydrogen) atoms. The highest BCUT2D eigenvalue weighted by Gasteiger charge is 2.29. The van der Waals surface area contributed by atoms with Gasteiger partial charge in [0.05, 0.1) is 11.3 Å². The fourth-order valence-electron chi connectivity index (χ4n) is 0.897. The van der Waals surface area contributed by atoms with Crippen LogP contribution in [0.15, 0.2) is 17.6 Å². The molecule has 0 aliphatic carbocycles. The van der Waals surface area contributed by atoms with Gasteiger partial charge in [-0.2, -0.15) is 0 Å². The average Bonchev–Trinajstić information content (AvgIpc) is 2.20. The summed E-state index contributed by atoms with van der Waals surface area (Å²) in [4.78, 5) is 4.26. The van der Waals surface area contributed by atoms with Gasteiger partial charge in [0.15, 0.2) is 15.8 Å². The molecule has 0 saturated carbocycles. The summed E-state index contributed by atoms with van der Waals surface area (Å²) in [6.07, 6.45) is 2.95. The molecule has 0 aromatic rings. The van der Waals surface area contributed by atoms with Crippen LogP contribution in [0.25, 0.3) is 0 Å². The van der Waals surface area contributed by atoms with Gasteiger partial charge in [-0.1, -0.05) is 6.08 Å². The minimum Gasteiger partial charge on any atom is -0.357 e. The number of rotatable bonds is 6. The molecule has 0 saturated heterocycles. The number of guanidine groups is 1.